The Morgan fingerprint density at radius 1 is 1.19 bits per heavy atom. The van der Waals surface area contributed by atoms with E-state index in [2.05, 4.69) is 30.1 Å². The Morgan fingerprint density at radius 3 is 2.90 bits per heavy atom. The van der Waals surface area contributed by atoms with E-state index in [4.69, 9.17) is 9.15 Å². The average molecular weight is 285 g/mol. The predicted octanol–water partition coefficient (Wildman–Crippen LogP) is 4.05. The zero-order chi connectivity index (χ0) is 14.7. The molecule has 1 aliphatic carbocycles. The highest BCUT2D eigenvalue weighted by molar-refractivity contribution is 5.38. The quantitative estimate of drug-likeness (QED) is 0.803. The number of oxazole rings is 1. The van der Waals surface area contributed by atoms with Crippen LogP contribution in [0.4, 0.5) is 0 Å². The van der Waals surface area contributed by atoms with Crippen LogP contribution in [-0.4, -0.2) is 11.6 Å². The van der Waals surface area contributed by atoms with Gasteiger partial charge in [0.05, 0.1) is 12.3 Å². The van der Waals surface area contributed by atoms with Gasteiger partial charge in [0.15, 0.2) is 5.89 Å². The van der Waals surface area contributed by atoms with Crippen LogP contribution in [0.15, 0.2) is 22.6 Å². The monoisotopic (exact) mass is 285 g/mol. The Hall–Kier alpha value is -1.77. The Labute approximate surface area is 126 Å². The molecule has 1 aromatic heterocycles. The van der Waals surface area contributed by atoms with Crippen LogP contribution in [0.3, 0.4) is 0 Å². The lowest BCUT2D eigenvalue weighted by Gasteiger charge is -2.07. The molecule has 1 heterocycles. The number of rotatable bonds is 6. The molecule has 0 spiro atoms. The summed E-state index contributed by atoms with van der Waals surface area (Å²) in [5, 5.41) is 0. The summed E-state index contributed by atoms with van der Waals surface area (Å²) >= 11 is 0. The molecule has 3 rings (SSSR count). The van der Waals surface area contributed by atoms with Crippen molar-refractivity contribution in [3.8, 4) is 5.75 Å². The maximum Gasteiger partial charge on any atom is 0.194 e. The molecule has 3 nitrogen and oxygen atoms in total. The molecule has 3 heteroatoms. The Bertz CT molecular complexity index is 616. The zero-order valence-corrected chi connectivity index (χ0v) is 12.9. The average Bonchev–Trinajstić information content (AvgIpc) is 3.06. The standard InChI is InChI=1S/C18H23NO2/c1-3-5-18-19-13(2)17(21-18)10-11-20-16-9-8-14-6-4-7-15(14)12-16/h8-9,12H,3-7,10-11H2,1-2H3. The van der Waals surface area contributed by atoms with E-state index in [9.17, 15) is 0 Å². The molecule has 2 aromatic rings. The molecule has 0 unspecified atom stereocenters. The molecule has 0 radical (unpaired) electrons. The van der Waals surface area contributed by atoms with Gasteiger partial charge in [0.2, 0.25) is 0 Å². The van der Waals surface area contributed by atoms with Gasteiger partial charge < -0.3 is 9.15 Å². The highest BCUT2D eigenvalue weighted by atomic mass is 16.5. The van der Waals surface area contributed by atoms with Gasteiger partial charge >= 0.3 is 0 Å². The fourth-order valence-electron chi connectivity index (χ4n) is 2.94. The fraction of sp³-hybridized carbons (Fsp3) is 0.500. The van der Waals surface area contributed by atoms with Gasteiger partial charge in [-0.2, -0.15) is 0 Å². The molecule has 1 aliphatic rings. The van der Waals surface area contributed by atoms with Gasteiger partial charge in [-0.3, -0.25) is 0 Å². The molecule has 0 amide bonds. The number of hydrogen-bond acceptors (Lipinski definition) is 3. The van der Waals surface area contributed by atoms with Gasteiger partial charge in [0.25, 0.3) is 0 Å². The van der Waals surface area contributed by atoms with Gasteiger partial charge in [-0.25, -0.2) is 4.98 Å². The van der Waals surface area contributed by atoms with E-state index in [0.29, 0.717) is 6.61 Å². The van der Waals surface area contributed by atoms with Crippen molar-refractivity contribution in [3.63, 3.8) is 0 Å². The van der Waals surface area contributed by atoms with E-state index in [0.717, 1.165) is 42.4 Å². The first-order valence-electron chi connectivity index (χ1n) is 7.96. The number of hydrogen-bond donors (Lipinski definition) is 0. The summed E-state index contributed by atoms with van der Waals surface area (Å²) < 4.78 is 11.6. The number of aryl methyl sites for hydroxylation is 4. The molecule has 0 saturated heterocycles. The lowest BCUT2D eigenvalue weighted by Crippen LogP contribution is -2.02. The number of ether oxygens (including phenoxy) is 1. The molecule has 0 bridgehead atoms. The first kappa shape index (κ1) is 14.2. The largest absolute Gasteiger partial charge is 0.493 e. The third-order valence-electron chi connectivity index (χ3n) is 4.07. The SMILES string of the molecule is CCCc1nc(C)c(CCOc2ccc3c(c2)CCC3)o1. The maximum absolute atomic E-state index is 5.87. The molecule has 0 saturated carbocycles. The smallest absolute Gasteiger partial charge is 0.194 e. The van der Waals surface area contributed by atoms with Crippen LogP contribution in [-0.2, 0) is 25.7 Å². The molecule has 0 fully saturated rings. The fourth-order valence-corrected chi connectivity index (χ4v) is 2.94. The van der Waals surface area contributed by atoms with Crippen molar-refractivity contribution in [2.45, 2.75) is 52.4 Å². The minimum absolute atomic E-state index is 0.639. The summed E-state index contributed by atoms with van der Waals surface area (Å²) in [6.45, 7) is 4.78. The summed E-state index contributed by atoms with van der Waals surface area (Å²) in [6, 6.07) is 6.48. The van der Waals surface area contributed by atoms with E-state index in [1.807, 2.05) is 6.92 Å². The molecular formula is C18H23NO2. The predicted molar refractivity (Wildman–Crippen MR) is 82.9 cm³/mol. The van der Waals surface area contributed by atoms with Gasteiger partial charge in [0, 0.05) is 12.8 Å². The van der Waals surface area contributed by atoms with Gasteiger partial charge in [-0.15, -0.1) is 0 Å². The van der Waals surface area contributed by atoms with Crippen LogP contribution in [0.5, 0.6) is 5.75 Å². The minimum Gasteiger partial charge on any atom is -0.493 e. The van der Waals surface area contributed by atoms with Gasteiger partial charge in [0.1, 0.15) is 11.5 Å². The summed E-state index contributed by atoms with van der Waals surface area (Å²) in [5.41, 5.74) is 3.93. The summed E-state index contributed by atoms with van der Waals surface area (Å²) in [6.07, 6.45) is 6.43. The van der Waals surface area contributed by atoms with Crippen molar-refractivity contribution < 1.29 is 9.15 Å². The Kier molecular flexibility index (Phi) is 4.28. The van der Waals surface area contributed by atoms with Crippen LogP contribution in [0, 0.1) is 6.92 Å². The van der Waals surface area contributed by atoms with Crippen molar-refractivity contribution in [3.05, 3.63) is 46.7 Å². The second-order valence-corrected chi connectivity index (χ2v) is 5.75. The third kappa shape index (κ3) is 3.29. The van der Waals surface area contributed by atoms with E-state index in [1.165, 1.54) is 30.4 Å². The van der Waals surface area contributed by atoms with Crippen molar-refractivity contribution >= 4 is 0 Å². The highest BCUT2D eigenvalue weighted by Gasteiger charge is 2.12. The van der Waals surface area contributed by atoms with Crippen molar-refractivity contribution in [2.24, 2.45) is 0 Å². The lowest BCUT2D eigenvalue weighted by atomic mass is 10.1. The van der Waals surface area contributed by atoms with Crippen LogP contribution in [0.25, 0.3) is 0 Å². The first-order valence-corrected chi connectivity index (χ1v) is 7.96. The van der Waals surface area contributed by atoms with Crippen molar-refractivity contribution in [2.75, 3.05) is 6.61 Å². The number of aromatic nitrogens is 1. The van der Waals surface area contributed by atoms with Gasteiger partial charge in [-0.1, -0.05) is 13.0 Å². The highest BCUT2D eigenvalue weighted by Crippen LogP contribution is 2.26. The minimum atomic E-state index is 0.639. The normalized spacial score (nSPS) is 13.4. The molecule has 0 aliphatic heterocycles. The first-order chi connectivity index (χ1) is 10.3. The van der Waals surface area contributed by atoms with Gasteiger partial charge in [-0.05, 0) is 55.9 Å². The lowest BCUT2D eigenvalue weighted by molar-refractivity contribution is 0.306. The van der Waals surface area contributed by atoms with Crippen LogP contribution in [0.2, 0.25) is 0 Å². The molecule has 0 N–H and O–H groups in total. The van der Waals surface area contributed by atoms with E-state index >= 15 is 0 Å². The second-order valence-electron chi connectivity index (χ2n) is 5.75. The number of benzene rings is 1. The maximum atomic E-state index is 5.87. The van der Waals surface area contributed by atoms with Crippen molar-refractivity contribution in [1.29, 1.82) is 0 Å². The Morgan fingerprint density at radius 2 is 2.05 bits per heavy atom. The van der Waals surface area contributed by atoms with Crippen LogP contribution < -0.4 is 4.74 Å². The number of nitrogens with zero attached hydrogens (tertiary/aromatic N) is 1. The number of fused-ring (bicyclic) bond motifs is 1. The second kappa shape index (κ2) is 6.33. The van der Waals surface area contributed by atoms with E-state index in [1.54, 1.807) is 0 Å². The molecular weight excluding hydrogens is 262 g/mol. The third-order valence-corrected chi connectivity index (χ3v) is 4.07. The van der Waals surface area contributed by atoms with E-state index in [-0.39, 0.29) is 0 Å². The zero-order valence-electron chi connectivity index (χ0n) is 12.9. The van der Waals surface area contributed by atoms with E-state index < -0.39 is 0 Å². The topological polar surface area (TPSA) is 35.3 Å². The van der Waals surface area contributed by atoms with Crippen LogP contribution in [0.1, 0.15) is 48.2 Å². The molecule has 0 atom stereocenters. The van der Waals surface area contributed by atoms with Crippen LogP contribution >= 0.6 is 0 Å². The summed E-state index contributed by atoms with van der Waals surface area (Å²) in [4.78, 5) is 4.45. The summed E-state index contributed by atoms with van der Waals surface area (Å²) in [5.74, 6) is 2.78. The molecule has 21 heavy (non-hydrogen) atoms. The molecule has 1 aromatic carbocycles. The van der Waals surface area contributed by atoms with Crippen molar-refractivity contribution in [1.82, 2.24) is 4.98 Å². The molecule has 112 valence electrons. The Balaban J connectivity index is 1.56. The summed E-state index contributed by atoms with van der Waals surface area (Å²) in [7, 11) is 0.